The molecule has 0 bridgehead atoms. The van der Waals surface area contributed by atoms with Crippen LogP contribution in [0.15, 0.2) is 85.2 Å². The zero-order chi connectivity index (χ0) is 99.6. The summed E-state index contributed by atoms with van der Waals surface area (Å²) in [5.41, 5.74) is 25.0. The highest BCUT2D eigenvalue weighted by atomic mass is 16.4. The SMILES string of the molecule is CCCC[C@H]1C(=O)N(C)[C@@H](CCCC)C(=O)N[C@@H](CC(C)C)C(=O)N[C@H](C(N)=O)CNCC(=O)N[C@@H](Cc2ccc(O)cc2)C(=O)N2CCCC[C@H]2C(=O)N[C@@H](CC(N)=O)C(=O)N2CCC[C@H]2C(=O)N[C@@H](CCC(N)=O)C(=O)N[C@@H](CC(=O)O)C(=O)N2C[C@H](O)C[C@H]2C(=O)N[C@@H](Cc2c[nH]c3ccccc23)C(=O)N[C@@H](CC(N)=O)C(=O)N[C@@H](Cc2cn(CC(=O)O)c3ccccc23)C(=O)N1C. The molecule has 2 aromatic heterocycles. The van der Waals surface area contributed by atoms with E-state index >= 15 is 38.4 Å². The number of aromatic amines is 1. The summed E-state index contributed by atoms with van der Waals surface area (Å²) in [5, 5.41) is 68.8. The van der Waals surface area contributed by atoms with Crippen LogP contribution in [0, 0.1) is 5.92 Å². The highest BCUT2D eigenvalue weighted by Crippen LogP contribution is 2.30. The average molecular weight is 1900 g/mol. The molecular formula is C91H125N21O24. The molecule has 15 atom stereocenters. The maximum atomic E-state index is 15.9. The standard InChI is InChI=1S/C91H125N21O24/c1-7-9-21-67-83(128)101-58(34-48(3)4)80(125)106-65(78(95)123)43-96-44-75(118)98-61(35-49-26-28-52(113)29-27-49)88(133)110-32-16-15-24-68(110)85(130)105-63(40-74(94)117)89(134)111-33-17-25-69(111)84(129)99-57(30-31-72(92)115)79(124)104-64(41-76(119)120)90(135)112-46-53(114)38-71(112)86(131)102-59(36-50-42-97-56-20-13-11-18-54(50)56)81(126)100-60(39-73(93)116)82(127)103-62(87(132)108(6)70(22-10-8-2)91(136)107(67)5)37-51-45-109(47-77(121)122)66-23-14-12-19-55(51)66/h11-14,18-20,23,26-29,42,45,48,53,57-65,67-71,96-97,113-114H,7-10,15-17,21-22,24-25,30-41,43-44,46-47H2,1-6H3,(H2,92,115)(H2,93,116)(H2,94,117)(H2,95,123)(H,98,118)(H,99,129)(H,100,126)(H,101,128)(H,102,131)(H,103,127)(H,104,124)(H,105,130)(H,106,125)(H,119,120)(H,121,122)/t53-,57+,58+,59+,60+,61+,62+,63+,64+,65+,67+,68+,69+,70+,71+/m1/s1. The number of aliphatic hydroxyl groups is 1. The van der Waals surface area contributed by atoms with Crippen LogP contribution in [0.3, 0.4) is 0 Å². The van der Waals surface area contributed by atoms with Gasteiger partial charge < -0.3 is 131 Å². The first-order valence-electron chi connectivity index (χ1n) is 45.6. The number of piperidine rings is 1. The fourth-order valence-electron chi connectivity index (χ4n) is 17.6. The van der Waals surface area contributed by atoms with Gasteiger partial charge in [-0.1, -0.05) is 102 Å². The number of carbonyl (C=O) groups is 20. The van der Waals surface area contributed by atoms with E-state index in [0.717, 1.165) is 19.6 Å². The van der Waals surface area contributed by atoms with Crippen LogP contribution in [0.1, 0.15) is 160 Å². The van der Waals surface area contributed by atoms with E-state index in [0.29, 0.717) is 65.0 Å². The van der Waals surface area contributed by atoms with Crippen LogP contribution in [0.25, 0.3) is 21.8 Å². The fraction of sp³-hybridized carbons (Fsp3) is 0.538. The minimum absolute atomic E-state index is 0.0214. The third-order valence-electron chi connectivity index (χ3n) is 24.6. The molecule has 0 radical (unpaired) electrons. The van der Waals surface area contributed by atoms with Crippen molar-refractivity contribution in [3.8, 4) is 5.75 Å². The van der Waals surface area contributed by atoms with Gasteiger partial charge in [-0.2, -0.15) is 0 Å². The Morgan fingerprint density at radius 3 is 1.62 bits per heavy atom. The normalized spacial score (nSPS) is 25.1. The molecule has 9 rings (SSSR count). The van der Waals surface area contributed by atoms with Gasteiger partial charge in [0.05, 0.1) is 31.9 Å². The largest absolute Gasteiger partial charge is 0.508 e. The number of phenolic OH excluding ortho intramolecular Hbond substituents is 1. The number of hydrogen-bond donors (Lipinski definition) is 19. The van der Waals surface area contributed by atoms with Crippen molar-refractivity contribution in [1.82, 2.24) is 87.2 Å². The molecule has 4 saturated heterocycles. The Bertz CT molecular complexity index is 5250. The number of phenols is 1. The van der Waals surface area contributed by atoms with E-state index in [1.165, 1.54) is 60.2 Å². The van der Waals surface area contributed by atoms with E-state index in [2.05, 4.69) is 58.2 Å². The first-order valence-corrected chi connectivity index (χ1v) is 45.6. The highest BCUT2D eigenvalue weighted by molar-refractivity contribution is 6.03. The van der Waals surface area contributed by atoms with Gasteiger partial charge in [0.2, 0.25) is 106 Å². The van der Waals surface area contributed by atoms with Crippen LogP contribution in [-0.4, -0.2) is 310 Å². The number of para-hydroxylation sites is 2. The second-order valence-corrected chi connectivity index (χ2v) is 35.4. The van der Waals surface area contributed by atoms with Crippen LogP contribution in [0.4, 0.5) is 0 Å². The number of amides is 18. The average Bonchev–Trinajstić information content (AvgIpc) is 1.64. The molecule has 6 heterocycles. The van der Waals surface area contributed by atoms with Gasteiger partial charge in [-0.3, -0.25) is 95.9 Å². The summed E-state index contributed by atoms with van der Waals surface area (Å²) < 4.78 is 1.38. The molecule has 45 heteroatoms. The fourth-order valence-corrected chi connectivity index (χ4v) is 17.6. The number of rotatable bonds is 26. The molecule has 3 aromatic carbocycles. The summed E-state index contributed by atoms with van der Waals surface area (Å²) in [5.74, 6) is -22.6. The van der Waals surface area contributed by atoms with E-state index in [-0.39, 0.29) is 81.7 Å². The van der Waals surface area contributed by atoms with Crippen molar-refractivity contribution in [3.05, 3.63) is 102 Å². The van der Waals surface area contributed by atoms with Crippen LogP contribution in [0.2, 0.25) is 0 Å². The molecule has 0 unspecified atom stereocenters. The van der Waals surface area contributed by atoms with Gasteiger partial charge in [0.25, 0.3) is 0 Å². The molecule has 0 aliphatic carbocycles. The van der Waals surface area contributed by atoms with E-state index in [9.17, 15) is 78.0 Å². The molecule has 0 spiro atoms. The van der Waals surface area contributed by atoms with Crippen molar-refractivity contribution in [1.29, 1.82) is 0 Å². The number of fused-ring (bicyclic) bond motifs is 5. The van der Waals surface area contributed by atoms with Crippen LogP contribution >= 0.6 is 0 Å². The Hall–Kier alpha value is -14.1. The van der Waals surface area contributed by atoms with Crippen molar-refractivity contribution < 1.29 is 116 Å². The number of nitrogens with two attached hydrogens (primary N) is 4. The predicted octanol–water partition coefficient (Wildman–Crippen LogP) is -3.70. The lowest BCUT2D eigenvalue weighted by Crippen LogP contribution is -2.62. The van der Waals surface area contributed by atoms with Crippen molar-refractivity contribution in [2.75, 3.05) is 46.8 Å². The zero-order valence-corrected chi connectivity index (χ0v) is 76.9. The minimum Gasteiger partial charge on any atom is -0.508 e. The number of nitrogens with zero attached hydrogens (tertiary/aromatic N) is 6. The lowest BCUT2D eigenvalue weighted by atomic mass is 9.97. The van der Waals surface area contributed by atoms with Gasteiger partial charge in [0.15, 0.2) is 0 Å². The number of likely N-dealkylation sites (N-methyl/N-ethyl adjacent to an activating group) is 2. The Balaban J connectivity index is 1.12. The highest BCUT2D eigenvalue weighted by Gasteiger charge is 2.48. The molecule has 136 heavy (non-hydrogen) atoms. The molecule has 4 aliphatic rings. The number of unbranched alkanes of at least 4 members (excludes halogenated alkanes) is 2. The number of aliphatic hydroxyl groups excluding tert-OH is 1. The summed E-state index contributed by atoms with van der Waals surface area (Å²) in [6.07, 6.45) is -2.96. The van der Waals surface area contributed by atoms with Crippen LogP contribution < -0.4 is 76.1 Å². The Kier molecular flexibility index (Phi) is 38.2. The van der Waals surface area contributed by atoms with Crippen molar-refractivity contribution in [3.63, 3.8) is 0 Å². The molecule has 23 N–H and O–H groups in total. The first-order chi connectivity index (χ1) is 64.6. The summed E-state index contributed by atoms with van der Waals surface area (Å²) in [6.45, 7) is 4.29. The quantitative estimate of drug-likeness (QED) is 0.0253. The third kappa shape index (κ3) is 28.7. The van der Waals surface area contributed by atoms with E-state index < -0.39 is 287 Å². The summed E-state index contributed by atoms with van der Waals surface area (Å²) >= 11 is 0. The monoisotopic (exact) mass is 1900 g/mol. The Morgan fingerprint density at radius 2 is 0.993 bits per heavy atom. The second kappa shape index (κ2) is 49.2. The molecule has 738 valence electrons. The number of primary amides is 4. The molecular weight excluding hydrogens is 1770 g/mol. The summed E-state index contributed by atoms with van der Waals surface area (Å²) in [6, 6.07) is -4.97. The summed E-state index contributed by atoms with van der Waals surface area (Å²) in [7, 11) is 2.59. The molecule has 4 fully saturated rings. The van der Waals surface area contributed by atoms with Crippen molar-refractivity contribution >= 4 is 140 Å². The third-order valence-corrected chi connectivity index (χ3v) is 24.6. The minimum atomic E-state index is -2.17. The lowest BCUT2D eigenvalue weighted by Gasteiger charge is -2.38. The van der Waals surface area contributed by atoms with Gasteiger partial charge in [0, 0.05) is 107 Å². The number of hydrogen-bond acceptors (Lipinski definition) is 23. The molecule has 0 saturated carbocycles. The van der Waals surface area contributed by atoms with E-state index in [1.54, 1.807) is 69.3 Å². The number of nitrogens with one attached hydrogen (secondary N) is 11. The number of aromatic nitrogens is 2. The maximum Gasteiger partial charge on any atom is 0.323 e. The first kappa shape index (κ1) is 106. The van der Waals surface area contributed by atoms with Crippen LogP contribution in [-0.2, 0) is 122 Å². The number of aliphatic carboxylic acids is 2. The zero-order valence-electron chi connectivity index (χ0n) is 76.9. The van der Waals surface area contributed by atoms with E-state index in [1.807, 2.05) is 6.92 Å². The molecule has 45 nitrogen and oxygen atoms in total. The Labute approximate surface area is 783 Å². The molecule has 4 aliphatic heterocycles. The van der Waals surface area contributed by atoms with Gasteiger partial charge in [-0.25, -0.2) is 0 Å². The lowest BCUT2D eigenvalue weighted by molar-refractivity contribution is -0.149. The summed E-state index contributed by atoms with van der Waals surface area (Å²) in [4.78, 5) is 297. The number of carbonyl (C=O) groups excluding carboxylic acids is 18. The van der Waals surface area contributed by atoms with Crippen molar-refractivity contribution in [2.45, 2.75) is 260 Å². The Morgan fingerprint density at radius 1 is 0.478 bits per heavy atom. The van der Waals surface area contributed by atoms with Gasteiger partial charge in [0.1, 0.15) is 96.9 Å². The van der Waals surface area contributed by atoms with Gasteiger partial charge >= 0.3 is 11.9 Å². The number of aromatic hydroxyl groups is 1. The number of H-pyrrole nitrogens is 1. The van der Waals surface area contributed by atoms with Crippen molar-refractivity contribution in [2.24, 2.45) is 28.9 Å². The van der Waals surface area contributed by atoms with Gasteiger partial charge in [-0.05, 0) is 105 Å². The predicted molar refractivity (Wildman–Crippen MR) is 487 cm³/mol. The van der Waals surface area contributed by atoms with E-state index in [4.69, 9.17) is 22.9 Å². The number of carboxylic acids is 2. The maximum absolute atomic E-state index is 15.9. The molecule has 5 aromatic rings. The van der Waals surface area contributed by atoms with Gasteiger partial charge in [-0.15, -0.1) is 0 Å². The number of carboxylic acid groups (broad SMARTS) is 2. The second-order valence-electron chi connectivity index (χ2n) is 35.4. The van der Waals surface area contributed by atoms with Crippen LogP contribution in [0.5, 0.6) is 5.75 Å². The number of benzene rings is 3. The topological polar surface area (TPSA) is 684 Å². The smallest absolute Gasteiger partial charge is 0.323 e. The molecule has 18 amide bonds.